The molecule has 0 aliphatic carbocycles. The van der Waals surface area contributed by atoms with E-state index in [0.717, 1.165) is 38.9 Å². The topological polar surface area (TPSA) is 290 Å². The average Bonchev–Trinajstić information content (AvgIpc) is 4.23. The Morgan fingerprint density at radius 2 is 1.07 bits per heavy atom. The maximum Gasteiger partial charge on any atom is 0.318 e. The molecule has 6 N–H and O–H groups in total. The maximum atomic E-state index is 14.3. The number of carboxylic acids is 1. The molecule has 80 heavy (non-hydrogen) atoms. The van der Waals surface area contributed by atoms with Gasteiger partial charge in [0, 0.05) is 57.6 Å². The average molecular weight is 1130 g/mol. The van der Waals surface area contributed by atoms with E-state index < -0.39 is 63.7 Å². The maximum absolute atomic E-state index is 14.3. The predicted octanol–water partition coefficient (Wildman–Crippen LogP) is 8.18. The minimum Gasteiger partial charge on any atom is -0.481 e. The number of aliphatic hydroxyl groups excluding tert-OH is 1. The molecule has 2 aromatic heterocycles. The van der Waals surface area contributed by atoms with Crippen LogP contribution in [0, 0.1) is 69.0 Å². The lowest BCUT2D eigenvalue weighted by Gasteiger charge is -2.41. The summed E-state index contributed by atoms with van der Waals surface area (Å²) in [6.45, 7) is 34.0. The van der Waals surface area contributed by atoms with Crippen LogP contribution in [0.25, 0.3) is 0 Å². The molecule has 8 unspecified atom stereocenters. The van der Waals surface area contributed by atoms with Gasteiger partial charge in [-0.05, 0) is 87.1 Å². The summed E-state index contributed by atoms with van der Waals surface area (Å²) < 4.78 is 13.7. The van der Waals surface area contributed by atoms with Gasteiger partial charge in [0.2, 0.25) is 23.6 Å². The fourth-order valence-corrected chi connectivity index (χ4v) is 11.3. The number of aliphatic hydroxyl groups is 1. The quantitative estimate of drug-likeness (QED) is 0.0392. The lowest BCUT2D eigenvalue weighted by atomic mass is 9.60. The molecule has 4 amide bonds. The van der Waals surface area contributed by atoms with Crippen LogP contribution in [0.5, 0.6) is 0 Å². The first kappa shape index (κ1) is 72.7. The Balaban J connectivity index is 0.000000853. The molecule has 0 bridgehead atoms. The largest absolute Gasteiger partial charge is 0.481 e. The SMILES string of the molecule is CCC(C)(C)C1C(=O)OC(=O)C1C.CCCCN.CCCCN1C(=O)C(CC(C)(C)C(C(=O)O)C(C)C(=O)OCC)C(C(C)(C)CC2C(=O)N(CCCn3ccnc3)C(=O)C2C(C)(C)CC)C1=O.CCO.NCCCn1ccnc1. The number of hydrogen-bond donors (Lipinski definition) is 4. The number of imidazole rings is 2. The summed E-state index contributed by atoms with van der Waals surface area (Å²) in [5.74, 6) is -9.48. The van der Waals surface area contributed by atoms with Crippen LogP contribution in [0.3, 0.4) is 0 Å². The number of carbonyl (C=O) groups excluding carboxylic acids is 7. The summed E-state index contributed by atoms with van der Waals surface area (Å²) in [6.07, 6.45) is 17.9. The Morgan fingerprint density at radius 1 is 0.637 bits per heavy atom. The van der Waals surface area contributed by atoms with Crippen LogP contribution in [-0.2, 0) is 60.9 Å². The normalized spacial score (nSPS) is 21.1. The standard InChI is InChI=1S/C38H60N4O8.C10H16O3.C6H11N3.C4H11N.C2H6O/c1-11-14-18-41-31(44)26(21-37(7,8)27(34(47)48)24(4)35(49)50-13-3)29(33(41)46)38(9,10)22-25-28(36(5,6)12-2)32(45)42(30(25)43)19-15-17-40-20-16-39-23-40;1-5-10(3,4)7-6(2)8(11)13-9(7)12;7-2-1-4-9-5-3-8-6-9;1-2-3-4-5;1-2-3/h16,20,23-29H,11-15,17-19,21-22H2,1-10H3,(H,47,48);6-7H,5H2,1-4H3;3,5-6H,1-2,4,7H2;2-5H2,1H3;3H,2H2,1H3. The van der Waals surface area contributed by atoms with Crippen LogP contribution in [0.2, 0.25) is 0 Å². The highest BCUT2D eigenvalue weighted by atomic mass is 16.6. The molecule has 8 atom stereocenters. The molecule has 3 saturated heterocycles. The molecular weight excluding hydrogens is 1020 g/mol. The lowest BCUT2D eigenvalue weighted by molar-refractivity contribution is -0.162. The first-order valence-electron chi connectivity index (χ1n) is 29.2. The fraction of sp³-hybridized carbons (Fsp3) is 0.767. The molecule has 20 nitrogen and oxygen atoms in total. The third kappa shape index (κ3) is 20.3. The molecular formula is C60H104N8O12. The highest BCUT2D eigenvalue weighted by Gasteiger charge is 2.60. The number of aryl methyl sites for hydroxylation is 2. The number of rotatable bonds is 26. The van der Waals surface area contributed by atoms with Crippen molar-refractivity contribution in [2.75, 3.05) is 39.4 Å². The number of ether oxygens (including phenoxy) is 2. The third-order valence-electron chi connectivity index (χ3n) is 16.3. The van der Waals surface area contributed by atoms with Crippen LogP contribution >= 0.6 is 0 Å². The van der Waals surface area contributed by atoms with Crippen molar-refractivity contribution in [2.45, 2.75) is 188 Å². The number of carboxylic acid groups (broad SMARTS) is 1. The number of imide groups is 2. The van der Waals surface area contributed by atoms with E-state index >= 15 is 0 Å². The van der Waals surface area contributed by atoms with Gasteiger partial charge in [0.05, 0.1) is 66.6 Å². The Hall–Kier alpha value is -5.34. The van der Waals surface area contributed by atoms with Gasteiger partial charge in [-0.3, -0.25) is 48.2 Å². The molecule has 0 radical (unpaired) electrons. The molecule has 0 saturated carbocycles. The number of aromatic nitrogens is 4. The summed E-state index contributed by atoms with van der Waals surface area (Å²) in [5, 5.41) is 17.9. The molecule has 456 valence electrons. The number of amides is 4. The number of hydrogen-bond acceptors (Lipinski definition) is 15. The number of nitrogens with zero attached hydrogens (tertiary/aromatic N) is 6. The van der Waals surface area contributed by atoms with Crippen molar-refractivity contribution in [2.24, 2.45) is 80.5 Å². The summed E-state index contributed by atoms with van der Waals surface area (Å²) in [4.78, 5) is 115. The van der Waals surface area contributed by atoms with Gasteiger partial charge < -0.3 is 40.3 Å². The van der Waals surface area contributed by atoms with Gasteiger partial charge in [0.15, 0.2) is 0 Å². The minimum atomic E-state index is -1.18. The smallest absolute Gasteiger partial charge is 0.318 e. The van der Waals surface area contributed by atoms with Gasteiger partial charge in [-0.1, -0.05) is 123 Å². The Labute approximate surface area is 478 Å². The third-order valence-corrected chi connectivity index (χ3v) is 16.3. The summed E-state index contributed by atoms with van der Waals surface area (Å²) in [7, 11) is 0. The van der Waals surface area contributed by atoms with Crippen LogP contribution in [0.1, 0.15) is 175 Å². The summed E-state index contributed by atoms with van der Waals surface area (Å²) in [6, 6.07) is 0. The Kier molecular flexibility index (Phi) is 31.1. The van der Waals surface area contributed by atoms with E-state index in [1.54, 1.807) is 59.7 Å². The van der Waals surface area contributed by atoms with Crippen molar-refractivity contribution in [1.29, 1.82) is 0 Å². The van der Waals surface area contributed by atoms with Gasteiger partial charge in [-0.2, -0.15) is 0 Å². The number of likely N-dealkylation sites (tertiary alicyclic amines) is 2. The second-order valence-corrected chi connectivity index (χ2v) is 24.2. The van der Waals surface area contributed by atoms with Crippen LogP contribution in [0.4, 0.5) is 0 Å². The van der Waals surface area contributed by atoms with Crippen LogP contribution in [-0.4, -0.2) is 126 Å². The number of unbranched alkanes of at least 4 members (excludes halogenated alkanes) is 2. The van der Waals surface area contributed by atoms with Crippen LogP contribution in [0.15, 0.2) is 37.4 Å². The minimum absolute atomic E-state index is 0.0385. The van der Waals surface area contributed by atoms with E-state index in [4.69, 9.17) is 21.3 Å². The first-order chi connectivity index (χ1) is 37.4. The van der Waals surface area contributed by atoms with E-state index in [0.29, 0.717) is 25.8 Å². The lowest BCUT2D eigenvalue weighted by Crippen LogP contribution is -2.44. The second kappa shape index (κ2) is 34.2. The molecule has 3 aliphatic rings. The molecule has 2 aromatic rings. The number of esters is 3. The highest BCUT2D eigenvalue weighted by Crippen LogP contribution is 2.53. The zero-order chi connectivity index (χ0) is 61.3. The Morgan fingerprint density at radius 3 is 1.45 bits per heavy atom. The Bertz CT molecular complexity index is 2230. The fourth-order valence-electron chi connectivity index (χ4n) is 11.3. The number of cyclic esters (lactones) is 2. The van der Waals surface area contributed by atoms with Gasteiger partial charge in [0.1, 0.15) is 0 Å². The molecule has 5 rings (SSSR count). The number of carbonyl (C=O) groups is 8. The van der Waals surface area contributed by atoms with Crippen molar-refractivity contribution in [3.63, 3.8) is 0 Å². The molecule has 3 fully saturated rings. The zero-order valence-electron chi connectivity index (χ0n) is 51.6. The highest BCUT2D eigenvalue weighted by molar-refractivity contribution is 6.07. The van der Waals surface area contributed by atoms with Crippen molar-refractivity contribution < 1.29 is 58.0 Å². The second-order valence-electron chi connectivity index (χ2n) is 24.2. The van der Waals surface area contributed by atoms with E-state index in [1.165, 1.54) is 29.6 Å². The van der Waals surface area contributed by atoms with Crippen LogP contribution < -0.4 is 11.5 Å². The van der Waals surface area contributed by atoms with Crippen molar-refractivity contribution in [1.82, 2.24) is 28.9 Å². The van der Waals surface area contributed by atoms with Crippen molar-refractivity contribution >= 4 is 47.5 Å². The van der Waals surface area contributed by atoms with Gasteiger partial charge in [-0.25, -0.2) is 9.97 Å². The molecule has 0 aromatic carbocycles. The summed E-state index contributed by atoms with van der Waals surface area (Å²) in [5.41, 5.74) is 7.78. The molecule has 20 heteroatoms. The van der Waals surface area contributed by atoms with E-state index in [1.807, 2.05) is 83.8 Å². The van der Waals surface area contributed by atoms with E-state index in [-0.39, 0.29) is 92.0 Å². The van der Waals surface area contributed by atoms with Gasteiger partial charge in [-0.15, -0.1) is 0 Å². The van der Waals surface area contributed by atoms with Crippen molar-refractivity contribution in [3.8, 4) is 0 Å². The molecule has 0 spiro atoms. The first-order valence-corrected chi connectivity index (χ1v) is 29.2. The summed E-state index contributed by atoms with van der Waals surface area (Å²) >= 11 is 0. The number of aliphatic carboxylic acids is 1. The van der Waals surface area contributed by atoms with Gasteiger partial charge >= 0.3 is 23.9 Å². The number of nitrogens with two attached hydrogens (primary N) is 2. The predicted molar refractivity (Wildman–Crippen MR) is 307 cm³/mol. The van der Waals surface area contributed by atoms with Gasteiger partial charge in [0.25, 0.3) is 0 Å². The van der Waals surface area contributed by atoms with E-state index in [2.05, 4.69) is 21.6 Å². The van der Waals surface area contributed by atoms with Crippen molar-refractivity contribution in [3.05, 3.63) is 37.4 Å². The zero-order valence-corrected chi connectivity index (χ0v) is 51.6. The monoisotopic (exact) mass is 1130 g/mol. The van der Waals surface area contributed by atoms with E-state index in [9.17, 15) is 43.5 Å². The molecule has 3 aliphatic heterocycles. The molecule has 5 heterocycles.